The van der Waals surface area contributed by atoms with Crippen LogP contribution in [0.1, 0.15) is 45.0 Å². The Morgan fingerprint density at radius 1 is 0.765 bits per heavy atom. The Balaban J connectivity index is 1.44. The molecular weight excluding hydrogens is 418 g/mol. The van der Waals surface area contributed by atoms with Crippen LogP contribution in [-0.2, 0) is 6.42 Å². The van der Waals surface area contributed by atoms with Crippen LogP contribution in [0, 0.1) is 5.92 Å². The molecule has 0 amide bonds. The van der Waals surface area contributed by atoms with Crippen LogP contribution >= 0.6 is 0 Å². The Labute approximate surface area is 199 Å². The lowest BCUT2D eigenvalue weighted by Gasteiger charge is -2.12. The van der Waals surface area contributed by atoms with Gasteiger partial charge in [-0.1, -0.05) is 64.1 Å². The first-order valence-electron chi connectivity index (χ1n) is 11.9. The molecule has 0 saturated carbocycles. The number of aromatic amines is 1. The third-order valence-electron chi connectivity index (χ3n) is 6.81. The molecular formula is C29H27N5. The maximum atomic E-state index is 4.98. The van der Waals surface area contributed by atoms with E-state index in [4.69, 9.17) is 4.99 Å². The van der Waals surface area contributed by atoms with Crippen LogP contribution in [0.3, 0.4) is 0 Å². The standard InChI is InChI=1S/C29H27N5/c1-16(2)25-12-23-21-10-9-20(11-22(21)24-13-30-15-32-27(24)28(23)33-25)18-5-7-19(8-6-18)26-14-31-29(34-26)17(3)4/h5-11,13-17H,12H2,1-4H3,(H,31,34). The molecule has 5 aromatic rings. The van der Waals surface area contributed by atoms with Gasteiger partial charge in [-0.25, -0.2) is 15.0 Å². The molecule has 3 heterocycles. The highest BCUT2D eigenvalue weighted by atomic mass is 14.9. The Morgan fingerprint density at radius 3 is 2.26 bits per heavy atom. The Kier molecular flexibility index (Phi) is 4.80. The van der Waals surface area contributed by atoms with Crippen molar-refractivity contribution in [2.45, 2.75) is 40.0 Å². The number of aromatic nitrogens is 4. The van der Waals surface area contributed by atoms with Gasteiger partial charge in [0.1, 0.15) is 17.7 Å². The molecule has 34 heavy (non-hydrogen) atoms. The number of hydrogen-bond donors (Lipinski definition) is 1. The van der Waals surface area contributed by atoms with Crippen molar-refractivity contribution in [3.63, 3.8) is 0 Å². The zero-order valence-electron chi connectivity index (χ0n) is 19.9. The average molecular weight is 446 g/mol. The monoisotopic (exact) mass is 445 g/mol. The first-order chi connectivity index (χ1) is 16.5. The van der Waals surface area contributed by atoms with Crippen molar-refractivity contribution < 1.29 is 0 Å². The minimum Gasteiger partial charge on any atom is -0.342 e. The quantitative estimate of drug-likeness (QED) is 0.296. The third kappa shape index (κ3) is 3.31. The summed E-state index contributed by atoms with van der Waals surface area (Å²) in [5.41, 5.74) is 9.02. The van der Waals surface area contributed by atoms with Gasteiger partial charge in [0.15, 0.2) is 0 Å². The van der Waals surface area contributed by atoms with E-state index in [0.717, 1.165) is 40.1 Å². The summed E-state index contributed by atoms with van der Waals surface area (Å²) in [4.78, 5) is 21.9. The van der Waals surface area contributed by atoms with Gasteiger partial charge in [-0.05, 0) is 45.0 Å². The molecule has 0 aliphatic carbocycles. The van der Waals surface area contributed by atoms with Crippen LogP contribution in [0.25, 0.3) is 44.1 Å². The van der Waals surface area contributed by atoms with Crippen molar-refractivity contribution in [3.05, 3.63) is 72.6 Å². The summed E-state index contributed by atoms with van der Waals surface area (Å²) in [7, 11) is 0. The zero-order valence-corrected chi connectivity index (χ0v) is 19.9. The fourth-order valence-corrected chi connectivity index (χ4v) is 4.81. The fraction of sp³-hybridized carbons (Fsp3) is 0.241. The second-order valence-electron chi connectivity index (χ2n) is 9.72. The average Bonchev–Trinajstić information content (AvgIpc) is 3.53. The summed E-state index contributed by atoms with van der Waals surface area (Å²) in [6.45, 7) is 8.70. The van der Waals surface area contributed by atoms with Gasteiger partial charge in [-0.15, -0.1) is 0 Å². The summed E-state index contributed by atoms with van der Waals surface area (Å²) in [5.74, 6) is 1.82. The van der Waals surface area contributed by atoms with Gasteiger partial charge in [0.25, 0.3) is 0 Å². The maximum absolute atomic E-state index is 4.98. The molecule has 168 valence electrons. The Morgan fingerprint density at radius 2 is 1.53 bits per heavy atom. The molecule has 0 bridgehead atoms. The van der Waals surface area contributed by atoms with Gasteiger partial charge in [-0.3, -0.25) is 4.99 Å². The lowest BCUT2D eigenvalue weighted by atomic mass is 9.92. The van der Waals surface area contributed by atoms with Crippen molar-refractivity contribution in [3.8, 4) is 22.4 Å². The van der Waals surface area contributed by atoms with Gasteiger partial charge < -0.3 is 4.98 Å². The molecule has 0 saturated heterocycles. The van der Waals surface area contributed by atoms with Crippen LogP contribution < -0.4 is 0 Å². The second-order valence-corrected chi connectivity index (χ2v) is 9.72. The summed E-state index contributed by atoms with van der Waals surface area (Å²) in [6, 6.07) is 15.4. The number of benzene rings is 3. The second kappa shape index (κ2) is 7.87. The van der Waals surface area contributed by atoms with Crippen LogP contribution in [-0.4, -0.2) is 25.6 Å². The predicted molar refractivity (Wildman–Crippen MR) is 140 cm³/mol. The molecule has 1 N–H and O–H groups in total. The van der Waals surface area contributed by atoms with Crippen LogP contribution in [0.15, 0.2) is 66.2 Å². The SMILES string of the molecule is CC(C)C1=Nc2c(c3ccc(-c4ccc(-c5cnc(C(C)C)[nH]5)cc4)cc3c3cncnc23)C1. The van der Waals surface area contributed by atoms with E-state index in [1.807, 2.05) is 12.4 Å². The van der Waals surface area contributed by atoms with Gasteiger partial charge in [0.2, 0.25) is 0 Å². The first-order valence-corrected chi connectivity index (χ1v) is 11.9. The molecule has 0 unspecified atom stereocenters. The molecule has 0 spiro atoms. The van der Waals surface area contributed by atoms with Crippen LogP contribution in [0.4, 0.5) is 5.69 Å². The lowest BCUT2D eigenvalue weighted by molar-refractivity contribution is 0.795. The molecule has 6 rings (SSSR count). The van der Waals surface area contributed by atoms with E-state index in [0.29, 0.717) is 11.8 Å². The third-order valence-corrected chi connectivity index (χ3v) is 6.81. The zero-order chi connectivity index (χ0) is 23.4. The van der Waals surface area contributed by atoms with E-state index < -0.39 is 0 Å². The molecule has 1 aliphatic rings. The van der Waals surface area contributed by atoms with E-state index in [9.17, 15) is 0 Å². The van der Waals surface area contributed by atoms with E-state index in [2.05, 4.69) is 90.1 Å². The summed E-state index contributed by atoms with van der Waals surface area (Å²) in [5, 5.41) is 3.49. The van der Waals surface area contributed by atoms with Crippen molar-refractivity contribution in [1.82, 2.24) is 19.9 Å². The maximum Gasteiger partial charge on any atom is 0.116 e. The van der Waals surface area contributed by atoms with Crippen molar-refractivity contribution in [2.75, 3.05) is 0 Å². The number of imidazole rings is 1. The van der Waals surface area contributed by atoms with E-state index in [-0.39, 0.29) is 0 Å². The van der Waals surface area contributed by atoms with Crippen LogP contribution in [0.2, 0.25) is 0 Å². The predicted octanol–water partition coefficient (Wildman–Crippen LogP) is 7.25. The highest BCUT2D eigenvalue weighted by molar-refractivity contribution is 6.17. The molecule has 0 fully saturated rings. The number of nitrogens with zero attached hydrogens (tertiary/aromatic N) is 4. The molecule has 5 heteroatoms. The largest absolute Gasteiger partial charge is 0.342 e. The number of rotatable bonds is 4. The Hall–Kier alpha value is -3.86. The number of hydrogen-bond acceptors (Lipinski definition) is 4. The first kappa shape index (κ1) is 20.7. The smallest absolute Gasteiger partial charge is 0.116 e. The van der Waals surface area contributed by atoms with Gasteiger partial charge in [-0.2, -0.15) is 0 Å². The van der Waals surface area contributed by atoms with E-state index >= 15 is 0 Å². The lowest BCUT2D eigenvalue weighted by Crippen LogP contribution is -2.06. The summed E-state index contributed by atoms with van der Waals surface area (Å²) < 4.78 is 0. The molecule has 5 nitrogen and oxygen atoms in total. The summed E-state index contributed by atoms with van der Waals surface area (Å²) >= 11 is 0. The van der Waals surface area contributed by atoms with Gasteiger partial charge >= 0.3 is 0 Å². The molecule has 2 aromatic heterocycles. The molecule has 1 aliphatic heterocycles. The minimum atomic E-state index is 0.382. The number of nitrogens with one attached hydrogen (secondary N) is 1. The highest BCUT2D eigenvalue weighted by Crippen LogP contribution is 2.42. The van der Waals surface area contributed by atoms with Crippen LogP contribution in [0.5, 0.6) is 0 Å². The fourth-order valence-electron chi connectivity index (χ4n) is 4.81. The Bertz CT molecular complexity index is 1570. The van der Waals surface area contributed by atoms with Crippen molar-refractivity contribution >= 4 is 33.1 Å². The number of aliphatic imine (C=N–C) groups is 1. The van der Waals surface area contributed by atoms with Crippen molar-refractivity contribution in [2.24, 2.45) is 10.9 Å². The number of H-pyrrole nitrogens is 1. The summed E-state index contributed by atoms with van der Waals surface area (Å²) in [6.07, 6.45) is 6.35. The molecule has 3 aromatic carbocycles. The normalized spacial score (nSPS) is 13.3. The highest BCUT2D eigenvalue weighted by Gasteiger charge is 2.23. The minimum absolute atomic E-state index is 0.382. The van der Waals surface area contributed by atoms with Gasteiger partial charge in [0, 0.05) is 29.6 Å². The number of fused-ring (bicyclic) bond motifs is 6. The molecule has 0 atom stereocenters. The topological polar surface area (TPSA) is 66.8 Å². The van der Waals surface area contributed by atoms with Gasteiger partial charge in [0.05, 0.1) is 17.6 Å². The van der Waals surface area contributed by atoms with E-state index in [1.165, 1.54) is 33.2 Å². The van der Waals surface area contributed by atoms with E-state index in [1.54, 1.807) is 6.33 Å². The molecule has 0 radical (unpaired) electrons. The van der Waals surface area contributed by atoms with Crippen molar-refractivity contribution in [1.29, 1.82) is 0 Å².